The van der Waals surface area contributed by atoms with E-state index in [9.17, 15) is 0 Å². The SMILES string of the molecule is CC.CCCCCC1CCC(CC)CC1. The van der Waals surface area contributed by atoms with Gasteiger partial charge in [-0.1, -0.05) is 85.5 Å². The summed E-state index contributed by atoms with van der Waals surface area (Å²) in [6.07, 6.45) is 13.4. The summed E-state index contributed by atoms with van der Waals surface area (Å²) in [6, 6.07) is 0. The van der Waals surface area contributed by atoms with Crippen molar-refractivity contribution in [1.82, 2.24) is 0 Å². The van der Waals surface area contributed by atoms with Crippen LogP contribution in [0, 0.1) is 11.8 Å². The largest absolute Gasteiger partial charge is 0.0683 e. The molecule has 0 atom stereocenters. The summed E-state index contributed by atoms with van der Waals surface area (Å²) in [6.45, 7) is 8.65. The Morgan fingerprint density at radius 1 is 0.800 bits per heavy atom. The predicted octanol–water partition coefficient (Wildman–Crippen LogP) is 5.81. The maximum Gasteiger partial charge on any atom is -0.0414 e. The Morgan fingerprint density at radius 2 is 1.33 bits per heavy atom. The Kier molecular flexibility index (Phi) is 10.5. The Labute approximate surface area is 97.8 Å². The Bertz CT molecular complexity index is 106. The second-order valence-corrected chi connectivity index (χ2v) is 4.79. The molecule has 0 heteroatoms. The molecule has 0 aromatic heterocycles. The van der Waals surface area contributed by atoms with E-state index in [2.05, 4.69) is 13.8 Å². The van der Waals surface area contributed by atoms with Gasteiger partial charge in [0.25, 0.3) is 0 Å². The van der Waals surface area contributed by atoms with Gasteiger partial charge in [0, 0.05) is 0 Å². The topological polar surface area (TPSA) is 0 Å². The molecular weight excluding hydrogens is 180 g/mol. The van der Waals surface area contributed by atoms with Crippen LogP contribution in [0.25, 0.3) is 0 Å². The molecule has 0 amide bonds. The average Bonchev–Trinajstić information content (AvgIpc) is 2.33. The molecular formula is C15H32. The third kappa shape index (κ3) is 6.98. The van der Waals surface area contributed by atoms with Crippen LogP contribution >= 0.6 is 0 Å². The lowest BCUT2D eigenvalue weighted by atomic mass is 9.79. The van der Waals surface area contributed by atoms with Crippen molar-refractivity contribution in [2.75, 3.05) is 0 Å². The van der Waals surface area contributed by atoms with Gasteiger partial charge in [-0.3, -0.25) is 0 Å². The number of rotatable bonds is 5. The van der Waals surface area contributed by atoms with Crippen molar-refractivity contribution < 1.29 is 0 Å². The zero-order valence-corrected chi connectivity index (χ0v) is 11.5. The van der Waals surface area contributed by atoms with E-state index in [0.29, 0.717) is 0 Å². The third-order valence-corrected chi connectivity index (χ3v) is 3.76. The van der Waals surface area contributed by atoms with E-state index >= 15 is 0 Å². The fourth-order valence-corrected chi connectivity index (χ4v) is 2.61. The number of hydrogen-bond donors (Lipinski definition) is 0. The molecule has 1 aliphatic rings. The molecule has 0 aromatic rings. The van der Waals surface area contributed by atoms with Gasteiger partial charge in [-0.15, -0.1) is 0 Å². The van der Waals surface area contributed by atoms with Crippen LogP contribution in [-0.4, -0.2) is 0 Å². The quantitative estimate of drug-likeness (QED) is 0.504. The van der Waals surface area contributed by atoms with E-state index in [4.69, 9.17) is 0 Å². The van der Waals surface area contributed by atoms with E-state index in [0.717, 1.165) is 11.8 Å². The molecule has 92 valence electrons. The molecule has 0 nitrogen and oxygen atoms in total. The summed E-state index contributed by atoms with van der Waals surface area (Å²) >= 11 is 0. The summed E-state index contributed by atoms with van der Waals surface area (Å²) in [5.74, 6) is 2.16. The predicted molar refractivity (Wildman–Crippen MR) is 71.2 cm³/mol. The summed E-state index contributed by atoms with van der Waals surface area (Å²) < 4.78 is 0. The first-order chi connectivity index (χ1) is 7.36. The van der Waals surface area contributed by atoms with Crippen LogP contribution in [0.3, 0.4) is 0 Å². The highest BCUT2D eigenvalue weighted by Gasteiger charge is 2.18. The minimum atomic E-state index is 1.07. The van der Waals surface area contributed by atoms with Crippen molar-refractivity contribution in [1.29, 1.82) is 0 Å². The molecule has 0 saturated heterocycles. The second kappa shape index (κ2) is 10.5. The third-order valence-electron chi connectivity index (χ3n) is 3.76. The van der Waals surface area contributed by atoms with E-state index in [1.54, 1.807) is 0 Å². The normalized spacial score (nSPS) is 25.6. The van der Waals surface area contributed by atoms with Gasteiger partial charge in [-0.2, -0.15) is 0 Å². The Balaban J connectivity index is 0.000000921. The standard InChI is InChI=1S/C13H26.C2H6/c1-3-5-6-7-13-10-8-12(4-2)9-11-13;1-2/h12-13H,3-11H2,1-2H3;1-2H3. The lowest BCUT2D eigenvalue weighted by Gasteiger charge is -2.27. The maximum atomic E-state index is 2.35. The molecule has 0 aromatic carbocycles. The van der Waals surface area contributed by atoms with Crippen molar-refractivity contribution >= 4 is 0 Å². The van der Waals surface area contributed by atoms with E-state index < -0.39 is 0 Å². The van der Waals surface area contributed by atoms with Crippen LogP contribution in [0.2, 0.25) is 0 Å². The zero-order valence-electron chi connectivity index (χ0n) is 11.5. The Hall–Kier alpha value is 0. The van der Waals surface area contributed by atoms with Crippen LogP contribution in [-0.2, 0) is 0 Å². The number of hydrogen-bond acceptors (Lipinski definition) is 0. The molecule has 1 aliphatic carbocycles. The molecule has 0 radical (unpaired) electrons. The molecule has 0 N–H and O–H groups in total. The molecule has 0 aliphatic heterocycles. The highest BCUT2D eigenvalue weighted by Crippen LogP contribution is 2.33. The lowest BCUT2D eigenvalue weighted by Crippen LogP contribution is -2.13. The first-order valence-corrected chi connectivity index (χ1v) is 7.36. The maximum absolute atomic E-state index is 2.35. The zero-order chi connectivity index (χ0) is 11.5. The molecule has 0 unspecified atom stereocenters. The van der Waals surface area contributed by atoms with Crippen LogP contribution in [0.4, 0.5) is 0 Å². The lowest BCUT2D eigenvalue weighted by molar-refractivity contribution is 0.254. The van der Waals surface area contributed by atoms with E-state index in [1.807, 2.05) is 13.8 Å². The fraction of sp³-hybridized carbons (Fsp3) is 1.00. The molecule has 15 heavy (non-hydrogen) atoms. The molecule has 0 spiro atoms. The molecule has 1 saturated carbocycles. The van der Waals surface area contributed by atoms with Gasteiger partial charge in [-0.25, -0.2) is 0 Å². The van der Waals surface area contributed by atoms with Crippen LogP contribution in [0.1, 0.15) is 85.5 Å². The van der Waals surface area contributed by atoms with Crippen LogP contribution < -0.4 is 0 Å². The average molecular weight is 212 g/mol. The van der Waals surface area contributed by atoms with Gasteiger partial charge in [-0.05, 0) is 11.8 Å². The first kappa shape index (κ1) is 15.0. The second-order valence-electron chi connectivity index (χ2n) is 4.79. The monoisotopic (exact) mass is 212 g/mol. The first-order valence-electron chi connectivity index (χ1n) is 7.36. The van der Waals surface area contributed by atoms with Gasteiger partial charge in [0.15, 0.2) is 0 Å². The van der Waals surface area contributed by atoms with Crippen molar-refractivity contribution in [2.45, 2.75) is 85.5 Å². The van der Waals surface area contributed by atoms with Crippen LogP contribution in [0.15, 0.2) is 0 Å². The summed E-state index contributed by atoms with van der Waals surface area (Å²) in [5, 5.41) is 0. The molecule has 1 rings (SSSR count). The van der Waals surface area contributed by atoms with Crippen LogP contribution in [0.5, 0.6) is 0 Å². The van der Waals surface area contributed by atoms with Crippen molar-refractivity contribution in [3.05, 3.63) is 0 Å². The highest BCUT2D eigenvalue weighted by atomic mass is 14.2. The van der Waals surface area contributed by atoms with E-state index in [1.165, 1.54) is 57.8 Å². The summed E-state index contributed by atoms with van der Waals surface area (Å²) in [5.41, 5.74) is 0. The molecule has 0 bridgehead atoms. The minimum absolute atomic E-state index is 1.07. The molecule has 0 heterocycles. The van der Waals surface area contributed by atoms with E-state index in [-0.39, 0.29) is 0 Å². The molecule has 1 fully saturated rings. The highest BCUT2D eigenvalue weighted by molar-refractivity contribution is 4.71. The van der Waals surface area contributed by atoms with Gasteiger partial charge < -0.3 is 0 Å². The van der Waals surface area contributed by atoms with Gasteiger partial charge in [0.05, 0.1) is 0 Å². The fourth-order valence-electron chi connectivity index (χ4n) is 2.61. The van der Waals surface area contributed by atoms with Gasteiger partial charge in [0.2, 0.25) is 0 Å². The Morgan fingerprint density at radius 3 is 1.80 bits per heavy atom. The van der Waals surface area contributed by atoms with Crippen molar-refractivity contribution in [2.24, 2.45) is 11.8 Å². The summed E-state index contributed by atoms with van der Waals surface area (Å²) in [4.78, 5) is 0. The van der Waals surface area contributed by atoms with Gasteiger partial charge >= 0.3 is 0 Å². The van der Waals surface area contributed by atoms with Gasteiger partial charge in [0.1, 0.15) is 0 Å². The van der Waals surface area contributed by atoms with Crippen molar-refractivity contribution in [3.8, 4) is 0 Å². The van der Waals surface area contributed by atoms with Crippen molar-refractivity contribution in [3.63, 3.8) is 0 Å². The number of unbranched alkanes of at least 4 members (excludes halogenated alkanes) is 2. The minimum Gasteiger partial charge on any atom is -0.0683 e. The summed E-state index contributed by atoms with van der Waals surface area (Å²) in [7, 11) is 0. The smallest absolute Gasteiger partial charge is 0.0414 e.